The van der Waals surface area contributed by atoms with Gasteiger partial charge >= 0.3 is 5.76 Å². The average molecular weight is 296 g/mol. The van der Waals surface area contributed by atoms with Gasteiger partial charge in [0.2, 0.25) is 0 Å². The minimum Gasteiger partial charge on any atom is -0.296 e. The molecule has 4 heteroatoms. The molecule has 1 aromatic rings. The maximum atomic E-state index is 11.2. The summed E-state index contributed by atoms with van der Waals surface area (Å²) in [5.74, 6) is 0.301. The second-order valence-corrected chi connectivity index (χ2v) is 6.48. The van der Waals surface area contributed by atoms with E-state index in [2.05, 4.69) is 30.9 Å². The van der Waals surface area contributed by atoms with Crippen molar-refractivity contribution in [3.63, 3.8) is 0 Å². The summed E-state index contributed by atoms with van der Waals surface area (Å²) in [4.78, 5) is 14.0. The first-order valence-corrected chi connectivity index (χ1v) is 8.69. The summed E-state index contributed by atoms with van der Waals surface area (Å²) in [7, 11) is 0. The molecule has 0 amide bonds. The molecule has 1 atom stereocenters. The van der Waals surface area contributed by atoms with Gasteiger partial charge in [0.1, 0.15) is 0 Å². The van der Waals surface area contributed by atoms with E-state index in [1.54, 1.807) is 0 Å². The van der Waals surface area contributed by atoms with Gasteiger partial charge < -0.3 is 0 Å². The lowest BCUT2D eigenvalue weighted by atomic mass is 9.79. The Balaban J connectivity index is 2.54. The number of unbranched alkanes of at least 4 members (excludes halogenated alkanes) is 7. The fourth-order valence-electron chi connectivity index (χ4n) is 2.91. The molecule has 1 heterocycles. The topological polar surface area (TPSA) is 58.9 Å². The van der Waals surface area contributed by atoms with Gasteiger partial charge in [-0.3, -0.25) is 9.51 Å². The quantitative estimate of drug-likeness (QED) is 0.555. The second-order valence-electron chi connectivity index (χ2n) is 6.48. The maximum Gasteiger partial charge on any atom is 0.438 e. The van der Waals surface area contributed by atoms with Crippen LogP contribution in [0.5, 0.6) is 0 Å². The number of rotatable bonds is 12. The van der Waals surface area contributed by atoms with E-state index < -0.39 is 5.76 Å². The standard InChI is InChI=1S/C17H32N2O2/c1-4-6-8-10-12-14-17(3,13-11-9-7-5-2)15-18-16(20)21-19-15/h4-14H2,1-3H3,(H,18,19,20). The van der Waals surface area contributed by atoms with Crippen LogP contribution in [0, 0.1) is 0 Å². The Kier molecular flexibility index (Phi) is 8.40. The highest BCUT2D eigenvalue weighted by atomic mass is 16.5. The zero-order valence-electron chi connectivity index (χ0n) is 14.0. The maximum absolute atomic E-state index is 11.2. The van der Waals surface area contributed by atoms with Crippen molar-refractivity contribution in [3.8, 4) is 0 Å². The molecule has 0 aliphatic carbocycles. The molecule has 1 unspecified atom stereocenters. The Morgan fingerprint density at radius 2 is 1.48 bits per heavy atom. The molecular weight excluding hydrogens is 264 g/mol. The zero-order chi connectivity index (χ0) is 15.6. The molecule has 0 saturated heterocycles. The van der Waals surface area contributed by atoms with Crippen molar-refractivity contribution in [2.75, 3.05) is 0 Å². The Hall–Kier alpha value is -1.06. The number of H-pyrrole nitrogens is 1. The van der Waals surface area contributed by atoms with E-state index in [-0.39, 0.29) is 5.41 Å². The third-order valence-corrected chi connectivity index (χ3v) is 4.43. The van der Waals surface area contributed by atoms with Crippen LogP contribution in [0.1, 0.15) is 97.2 Å². The fourth-order valence-corrected chi connectivity index (χ4v) is 2.91. The SMILES string of the molecule is CCCCCCCC(C)(CCCCCC)c1noc(=O)[nH]1. The first-order valence-electron chi connectivity index (χ1n) is 8.69. The second kappa shape index (κ2) is 9.80. The highest BCUT2D eigenvalue weighted by Gasteiger charge is 2.30. The van der Waals surface area contributed by atoms with Crippen molar-refractivity contribution < 1.29 is 4.52 Å². The Bertz CT molecular complexity index is 424. The van der Waals surface area contributed by atoms with Crippen LogP contribution in [-0.2, 0) is 5.41 Å². The van der Waals surface area contributed by atoms with Gasteiger partial charge in [-0.2, -0.15) is 0 Å². The summed E-state index contributed by atoms with van der Waals surface area (Å²) < 4.78 is 4.72. The molecule has 0 radical (unpaired) electrons. The van der Waals surface area contributed by atoms with Gasteiger partial charge in [-0.05, 0) is 12.8 Å². The van der Waals surface area contributed by atoms with Crippen LogP contribution < -0.4 is 5.76 Å². The lowest BCUT2D eigenvalue weighted by Crippen LogP contribution is -2.24. The molecule has 0 aliphatic heterocycles. The van der Waals surface area contributed by atoms with Crippen LogP contribution in [0.25, 0.3) is 0 Å². The molecule has 0 saturated carbocycles. The molecule has 1 aromatic heterocycles. The van der Waals surface area contributed by atoms with Crippen molar-refractivity contribution in [3.05, 3.63) is 16.4 Å². The van der Waals surface area contributed by atoms with Crippen molar-refractivity contribution in [1.29, 1.82) is 0 Å². The molecule has 122 valence electrons. The summed E-state index contributed by atoms with van der Waals surface area (Å²) in [6, 6.07) is 0. The monoisotopic (exact) mass is 296 g/mol. The van der Waals surface area contributed by atoms with Gasteiger partial charge in [-0.25, -0.2) is 4.79 Å². The zero-order valence-corrected chi connectivity index (χ0v) is 14.0. The van der Waals surface area contributed by atoms with Crippen LogP contribution in [0.4, 0.5) is 0 Å². The largest absolute Gasteiger partial charge is 0.438 e. The summed E-state index contributed by atoms with van der Waals surface area (Å²) in [6.07, 6.45) is 13.5. The Morgan fingerprint density at radius 3 is 1.95 bits per heavy atom. The summed E-state index contributed by atoms with van der Waals surface area (Å²) >= 11 is 0. The number of hydrogen-bond acceptors (Lipinski definition) is 3. The predicted octanol–water partition coefficient (Wildman–Crippen LogP) is 4.95. The summed E-state index contributed by atoms with van der Waals surface area (Å²) in [5, 5.41) is 3.96. The fraction of sp³-hybridized carbons (Fsp3) is 0.882. The average Bonchev–Trinajstić information content (AvgIpc) is 2.91. The summed E-state index contributed by atoms with van der Waals surface area (Å²) in [6.45, 7) is 6.67. The van der Waals surface area contributed by atoms with E-state index in [0.29, 0.717) is 0 Å². The van der Waals surface area contributed by atoms with Crippen LogP contribution in [0.3, 0.4) is 0 Å². The van der Waals surface area contributed by atoms with E-state index in [4.69, 9.17) is 4.52 Å². The highest BCUT2D eigenvalue weighted by Crippen LogP contribution is 2.33. The van der Waals surface area contributed by atoms with E-state index in [1.165, 1.54) is 57.8 Å². The summed E-state index contributed by atoms with van der Waals surface area (Å²) in [5.41, 5.74) is -0.0495. The number of aromatic nitrogens is 2. The van der Waals surface area contributed by atoms with E-state index in [1.807, 2.05) is 0 Å². The lowest BCUT2D eigenvalue weighted by molar-refractivity contribution is 0.318. The van der Waals surface area contributed by atoms with Crippen molar-refractivity contribution >= 4 is 0 Å². The van der Waals surface area contributed by atoms with Crippen molar-refractivity contribution in [1.82, 2.24) is 10.1 Å². The van der Waals surface area contributed by atoms with E-state index in [0.717, 1.165) is 18.7 Å². The number of nitrogens with zero attached hydrogens (tertiary/aromatic N) is 1. The Labute approximate surface area is 128 Å². The molecule has 0 bridgehead atoms. The van der Waals surface area contributed by atoms with Crippen molar-refractivity contribution in [2.24, 2.45) is 0 Å². The Morgan fingerprint density at radius 1 is 0.952 bits per heavy atom. The normalized spacial score (nSPS) is 14.2. The van der Waals surface area contributed by atoms with Crippen LogP contribution >= 0.6 is 0 Å². The third-order valence-electron chi connectivity index (χ3n) is 4.43. The van der Waals surface area contributed by atoms with Gasteiger partial charge in [-0.15, -0.1) is 0 Å². The van der Waals surface area contributed by atoms with Gasteiger partial charge in [0.05, 0.1) is 0 Å². The highest BCUT2D eigenvalue weighted by molar-refractivity contribution is 5.02. The van der Waals surface area contributed by atoms with Crippen LogP contribution in [-0.4, -0.2) is 10.1 Å². The molecular formula is C17H32N2O2. The lowest BCUT2D eigenvalue weighted by Gasteiger charge is -2.26. The molecule has 0 spiro atoms. The molecule has 0 aromatic carbocycles. The molecule has 21 heavy (non-hydrogen) atoms. The van der Waals surface area contributed by atoms with Crippen LogP contribution in [0.15, 0.2) is 9.32 Å². The number of hydrogen-bond donors (Lipinski definition) is 1. The van der Waals surface area contributed by atoms with Gasteiger partial charge in [-0.1, -0.05) is 83.7 Å². The predicted molar refractivity (Wildman–Crippen MR) is 86.6 cm³/mol. The minimum atomic E-state index is -0.434. The molecule has 0 aliphatic rings. The number of aromatic amines is 1. The molecule has 0 fully saturated rings. The van der Waals surface area contributed by atoms with Crippen LogP contribution in [0.2, 0.25) is 0 Å². The van der Waals surface area contributed by atoms with Gasteiger partial charge in [0.25, 0.3) is 0 Å². The van der Waals surface area contributed by atoms with E-state index in [9.17, 15) is 4.79 Å². The van der Waals surface area contributed by atoms with Crippen molar-refractivity contribution in [2.45, 2.75) is 96.8 Å². The first-order chi connectivity index (χ1) is 10.1. The molecule has 4 nitrogen and oxygen atoms in total. The number of nitrogens with one attached hydrogen (secondary N) is 1. The van der Waals surface area contributed by atoms with E-state index >= 15 is 0 Å². The third kappa shape index (κ3) is 6.49. The smallest absolute Gasteiger partial charge is 0.296 e. The first kappa shape index (κ1) is 18.0. The minimum absolute atomic E-state index is 0.0495. The van der Waals surface area contributed by atoms with Gasteiger partial charge in [0.15, 0.2) is 5.82 Å². The van der Waals surface area contributed by atoms with Gasteiger partial charge in [0, 0.05) is 5.41 Å². The molecule has 1 rings (SSSR count). The molecule has 1 N–H and O–H groups in total.